The second kappa shape index (κ2) is 12.8. The molecule has 2 heterocycles. The molecular weight excluding hydrogens is 302 g/mol. The molecule has 0 N–H and O–H groups in total. The first-order valence-electron chi connectivity index (χ1n) is 9.89. The van der Waals surface area contributed by atoms with Gasteiger partial charge in [0.15, 0.2) is 0 Å². The Kier molecular flexibility index (Phi) is 11.5. The highest BCUT2D eigenvalue weighted by molar-refractivity contribution is 5.80. The normalized spacial score (nSPS) is 21.3. The molecule has 5 heteroatoms. The second-order valence-corrected chi connectivity index (χ2v) is 6.75. The highest BCUT2D eigenvalue weighted by Crippen LogP contribution is 2.19. The Hall–Kier alpha value is -0.490. The van der Waals surface area contributed by atoms with Crippen molar-refractivity contribution in [1.82, 2.24) is 14.7 Å². The van der Waals surface area contributed by atoms with Gasteiger partial charge in [-0.3, -0.25) is 9.69 Å². The molecule has 0 spiro atoms. The zero-order valence-corrected chi connectivity index (χ0v) is 16.4. The lowest BCUT2D eigenvalue weighted by atomic mass is 9.96. The molecular formula is C19H39N3O2. The Morgan fingerprint density at radius 2 is 1.54 bits per heavy atom. The fourth-order valence-electron chi connectivity index (χ4n) is 3.47. The summed E-state index contributed by atoms with van der Waals surface area (Å²) in [6.07, 6.45) is 3.30. The summed E-state index contributed by atoms with van der Waals surface area (Å²) in [5, 5.41) is 0. The van der Waals surface area contributed by atoms with Gasteiger partial charge in [-0.2, -0.15) is 0 Å². The van der Waals surface area contributed by atoms with Crippen LogP contribution in [0.4, 0.5) is 0 Å². The average molecular weight is 342 g/mol. The molecule has 5 nitrogen and oxygen atoms in total. The smallest absolute Gasteiger partial charge is 0.146 e. The summed E-state index contributed by atoms with van der Waals surface area (Å²) in [7, 11) is 1.78. The van der Waals surface area contributed by atoms with E-state index in [4.69, 9.17) is 4.74 Å². The monoisotopic (exact) mass is 341 g/mol. The van der Waals surface area contributed by atoms with Crippen molar-refractivity contribution in [3.05, 3.63) is 0 Å². The van der Waals surface area contributed by atoms with Crippen LogP contribution in [0.1, 0.15) is 40.0 Å². The molecule has 0 radical (unpaired) electrons. The summed E-state index contributed by atoms with van der Waals surface area (Å²) in [6, 6.07) is 0. The molecule has 142 valence electrons. The summed E-state index contributed by atoms with van der Waals surface area (Å²) in [5.41, 5.74) is 0. The number of rotatable bonds is 8. The number of ketones is 1. The Morgan fingerprint density at radius 1 is 0.958 bits per heavy atom. The minimum absolute atomic E-state index is 0.372. The molecule has 0 unspecified atom stereocenters. The van der Waals surface area contributed by atoms with E-state index in [1.165, 1.54) is 32.5 Å². The summed E-state index contributed by atoms with van der Waals surface area (Å²) >= 11 is 0. The SMILES string of the molecule is CC.CCC(=O)CN1CCN(CC2CCN(CCOC)CC2)CC1. The Bertz CT molecular complexity index is 323. The summed E-state index contributed by atoms with van der Waals surface area (Å²) in [5.74, 6) is 1.22. The van der Waals surface area contributed by atoms with Crippen molar-refractivity contribution in [2.24, 2.45) is 5.92 Å². The number of Topliss-reactive ketones (excluding diaryl/α,β-unsaturated/α-hetero) is 1. The van der Waals surface area contributed by atoms with E-state index in [1.807, 2.05) is 20.8 Å². The number of carbonyl (C=O) groups excluding carboxylic acids is 1. The predicted octanol–water partition coefficient (Wildman–Crippen LogP) is 1.97. The summed E-state index contributed by atoms with van der Waals surface area (Å²) < 4.78 is 5.16. The van der Waals surface area contributed by atoms with Crippen LogP contribution in [0.25, 0.3) is 0 Å². The lowest BCUT2D eigenvalue weighted by Crippen LogP contribution is -2.49. The van der Waals surface area contributed by atoms with Crippen LogP contribution in [-0.4, -0.2) is 93.1 Å². The van der Waals surface area contributed by atoms with Gasteiger partial charge in [0, 0.05) is 52.8 Å². The molecule has 0 saturated carbocycles. The number of likely N-dealkylation sites (tertiary alicyclic amines) is 1. The minimum atomic E-state index is 0.372. The van der Waals surface area contributed by atoms with Crippen molar-refractivity contribution in [3.63, 3.8) is 0 Å². The maximum absolute atomic E-state index is 11.5. The Balaban J connectivity index is 0.00000139. The molecule has 0 aromatic rings. The van der Waals surface area contributed by atoms with Crippen molar-refractivity contribution in [2.45, 2.75) is 40.0 Å². The van der Waals surface area contributed by atoms with Crippen LogP contribution in [0, 0.1) is 5.92 Å². The first-order chi connectivity index (χ1) is 11.7. The lowest BCUT2D eigenvalue weighted by Gasteiger charge is -2.38. The van der Waals surface area contributed by atoms with Gasteiger partial charge in [-0.1, -0.05) is 20.8 Å². The summed E-state index contributed by atoms with van der Waals surface area (Å²) in [4.78, 5) is 19.0. The number of ether oxygens (including phenoxy) is 1. The first-order valence-corrected chi connectivity index (χ1v) is 9.89. The molecule has 2 saturated heterocycles. The molecule has 2 rings (SSSR count). The van der Waals surface area contributed by atoms with E-state index in [-0.39, 0.29) is 0 Å². The number of hydrogen-bond acceptors (Lipinski definition) is 5. The summed E-state index contributed by atoms with van der Waals surface area (Å²) in [6.45, 7) is 16.6. The van der Waals surface area contributed by atoms with Crippen LogP contribution in [0.15, 0.2) is 0 Å². The third-order valence-corrected chi connectivity index (χ3v) is 5.09. The highest BCUT2D eigenvalue weighted by atomic mass is 16.5. The number of carbonyl (C=O) groups is 1. The molecule has 0 aliphatic carbocycles. The molecule has 0 aromatic heterocycles. The quantitative estimate of drug-likeness (QED) is 0.674. The topological polar surface area (TPSA) is 36.0 Å². The van der Waals surface area contributed by atoms with Crippen LogP contribution in [0.3, 0.4) is 0 Å². The van der Waals surface area contributed by atoms with Gasteiger partial charge in [0.1, 0.15) is 5.78 Å². The average Bonchev–Trinajstić information content (AvgIpc) is 2.64. The number of methoxy groups -OCH3 is 1. The third kappa shape index (κ3) is 8.06. The van der Waals surface area contributed by atoms with Crippen LogP contribution in [0.5, 0.6) is 0 Å². The third-order valence-electron chi connectivity index (χ3n) is 5.09. The van der Waals surface area contributed by atoms with E-state index in [1.54, 1.807) is 7.11 Å². The highest BCUT2D eigenvalue weighted by Gasteiger charge is 2.24. The number of nitrogens with zero attached hydrogens (tertiary/aromatic N) is 3. The molecule has 2 fully saturated rings. The molecule has 0 bridgehead atoms. The molecule has 0 amide bonds. The van der Waals surface area contributed by atoms with E-state index in [0.717, 1.165) is 45.2 Å². The predicted molar refractivity (Wildman–Crippen MR) is 101 cm³/mol. The van der Waals surface area contributed by atoms with Crippen molar-refractivity contribution in [2.75, 3.05) is 72.6 Å². The van der Waals surface area contributed by atoms with E-state index < -0.39 is 0 Å². The number of piperazine rings is 1. The molecule has 2 aliphatic rings. The molecule has 0 atom stereocenters. The van der Waals surface area contributed by atoms with Gasteiger partial charge in [-0.25, -0.2) is 0 Å². The van der Waals surface area contributed by atoms with E-state index in [2.05, 4.69) is 14.7 Å². The molecule has 0 aromatic carbocycles. The van der Waals surface area contributed by atoms with Crippen LogP contribution < -0.4 is 0 Å². The number of piperidine rings is 1. The maximum Gasteiger partial charge on any atom is 0.146 e. The first kappa shape index (κ1) is 21.6. The minimum Gasteiger partial charge on any atom is -0.383 e. The van der Waals surface area contributed by atoms with Crippen molar-refractivity contribution >= 4 is 5.78 Å². The van der Waals surface area contributed by atoms with E-state index in [0.29, 0.717) is 18.7 Å². The van der Waals surface area contributed by atoms with Gasteiger partial charge in [-0.05, 0) is 31.8 Å². The Labute approximate surface area is 149 Å². The van der Waals surface area contributed by atoms with Crippen LogP contribution in [-0.2, 0) is 9.53 Å². The van der Waals surface area contributed by atoms with Crippen molar-refractivity contribution in [1.29, 1.82) is 0 Å². The fourth-order valence-corrected chi connectivity index (χ4v) is 3.47. The molecule has 2 aliphatic heterocycles. The van der Waals surface area contributed by atoms with Crippen molar-refractivity contribution < 1.29 is 9.53 Å². The molecule has 24 heavy (non-hydrogen) atoms. The largest absolute Gasteiger partial charge is 0.383 e. The Morgan fingerprint density at radius 3 is 2.08 bits per heavy atom. The number of hydrogen-bond donors (Lipinski definition) is 0. The van der Waals surface area contributed by atoms with Gasteiger partial charge in [0.2, 0.25) is 0 Å². The van der Waals surface area contributed by atoms with Crippen LogP contribution >= 0.6 is 0 Å². The van der Waals surface area contributed by atoms with E-state index in [9.17, 15) is 4.79 Å². The van der Waals surface area contributed by atoms with Gasteiger partial charge in [0.25, 0.3) is 0 Å². The zero-order chi connectivity index (χ0) is 17.8. The van der Waals surface area contributed by atoms with Gasteiger partial charge in [0.05, 0.1) is 13.2 Å². The van der Waals surface area contributed by atoms with Crippen molar-refractivity contribution in [3.8, 4) is 0 Å². The van der Waals surface area contributed by atoms with Gasteiger partial charge >= 0.3 is 0 Å². The standard InChI is InChI=1S/C17H33N3O2.C2H6/c1-3-17(21)15-20-10-8-19(9-11-20)14-16-4-6-18(7-5-16)12-13-22-2;1-2/h16H,3-15H2,1-2H3;1-2H3. The fraction of sp³-hybridized carbons (Fsp3) is 0.947. The zero-order valence-electron chi connectivity index (χ0n) is 16.4. The maximum atomic E-state index is 11.5. The van der Waals surface area contributed by atoms with Crippen LogP contribution in [0.2, 0.25) is 0 Å². The lowest BCUT2D eigenvalue weighted by molar-refractivity contribution is -0.120. The second-order valence-electron chi connectivity index (χ2n) is 6.75. The van der Waals surface area contributed by atoms with E-state index >= 15 is 0 Å². The van der Waals surface area contributed by atoms with Gasteiger partial charge < -0.3 is 14.5 Å². The van der Waals surface area contributed by atoms with Gasteiger partial charge in [-0.15, -0.1) is 0 Å².